The van der Waals surface area contributed by atoms with Crippen LogP contribution in [0.5, 0.6) is 0 Å². The number of carbonyl (C=O) groups excluding carboxylic acids is 1. The Morgan fingerprint density at radius 1 is 1.37 bits per heavy atom. The fourth-order valence-corrected chi connectivity index (χ4v) is 2.09. The summed E-state index contributed by atoms with van der Waals surface area (Å²) in [6.45, 7) is 4.10. The maximum absolute atomic E-state index is 11.7. The third-order valence-corrected chi connectivity index (χ3v) is 3.32. The Labute approximate surface area is 113 Å². The number of pyridine rings is 1. The minimum absolute atomic E-state index is 0.219. The molecule has 0 bridgehead atoms. The van der Waals surface area contributed by atoms with E-state index in [2.05, 4.69) is 17.2 Å². The van der Waals surface area contributed by atoms with E-state index in [0.29, 0.717) is 0 Å². The number of hydrogen-bond donors (Lipinski definition) is 2. The van der Waals surface area contributed by atoms with Gasteiger partial charge in [-0.3, -0.25) is 15.1 Å². The van der Waals surface area contributed by atoms with Crippen LogP contribution in [0.1, 0.15) is 31.9 Å². The Bertz CT molecular complexity index is 577. The third-order valence-electron chi connectivity index (χ3n) is 3.32. The molecule has 3 N–H and O–H groups in total. The van der Waals surface area contributed by atoms with Gasteiger partial charge in [0.2, 0.25) is 5.91 Å². The lowest BCUT2D eigenvalue weighted by Gasteiger charge is -2.21. The first-order chi connectivity index (χ1) is 9.13. The zero-order valence-electron chi connectivity index (χ0n) is 11.3. The van der Waals surface area contributed by atoms with Gasteiger partial charge >= 0.3 is 0 Å². The molecule has 0 radical (unpaired) electrons. The van der Waals surface area contributed by atoms with Crippen LogP contribution >= 0.6 is 0 Å². The molecule has 0 spiro atoms. The van der Waals surface area contributed by atoms with E-state index in [0.717, 1.165) is 22.9 Å². The molecule has 0 aliphatic rings. The van der Waals surface area contributed by atoms with Crippen LogP contribution in [0, 0.1) is 0 Å². The molecule has 0 aliphatic carbocycles. The molecular weight excluding hydrogens is 238 g/mol. The van der Waals surface area contributed by atoms with E-state index in [1.807, 2.05) is 37.3 Å². The lowest BCUT2D eigenvalue weighted by atomic mass is 10.0. The van der Waals surface area contributed by atoms with Crippen LogP contribution in [0.25, 0.3) is 10.9 Å². The first kappa shape index (κ1) is 13.5. The first-order valence-corrected chi connectivity index (χ1v) is 6.52. The van der Waals surface area contributed by atoms with Crippen LogP contribution in [0.2, 0.25) is 0 Å². The molecule has 19 heavy (non-hydrogen) atoms. The summed E-state index contributed by atoms with van der Waals surface area (Å²) < 4.78 is 0. The molecule has 4 heteroatoms. The summed E-state index contributed by atoms with van der Waals surface area (Å²) in [4.78, 5) is 16.1. The number of primary amides is 1. The Morgan fingerprint density at radius 3 is 2.79 bits per heavy atom. The van der Waals surface area contributed by atoms with Crippen LogP contribution in [0.3, 0.4) is 0 Å². The minimum Gasteiger partial charge on any atom is -0.368 e. The SMILES string of the molecule is CCC(C)NC(C(N)=O)c1cccc2cccnc12. The predicted octanol–water partition coefficient (Wildman–Crippen LogP) is 2.15. The van der Waals surface area contributed by atoms with Crippen molar-refractivity contribution in [1.29, 1.82) is 0 Å². The summed E-state index contributed by atoms with van der Waals surface area (Å²) in [5.74, 6) is -0.376. The third kappa shape index (κ3) is 2.90. The summed E-state index contributed by atoms with van der Waals surface area (Å²) in [7, 11) is 0. The molecule has 2 unspecified atom stereocenters. The van der Waals surface area contributed by atoms with Gasteiger partial charge in [0.1, 0.15) is 6.04 Å². The van der Waals surface area contributed by atoms with Crippen LogP contribution in [0.15, 0.2) is 36.5 Å². The maximum Gasteiger partial charge on any atom is 0.239 e. The van der Waals surface area contributed by atoms with Gasteiger partial charge in [-0.05, 0) is 19.4 Å². The second-order valence-electron chi connectivity index (χ2n) is 4.73. The number of rotatable bonds is 5. The monoisotopic (exact) mass is 257 g/mol. The van der Waals surface area contributed by atoms with Gasteiger partial charge in [0.05, 0.1) is 5.52 Å². The zero-order valence-corrected chi connectivity index (χ0v) is 11.3. The molecule has 2 aromatic rings. The highest BCUT2D eigenvalue weighted by atomic mass is 16.1. The quantitative estimate of drug-likeness (QED) is 0.862. The average molecular weight is 257 g/mol. The zero-order chi connectivity index (χ0) is 13.8. The Balaban J connectivity index is 2.47. The van der Waals surface area contributed by atoms with Crippen LogP contribution in [0.4, 0.5) is 0 Å². The van der Waals surface area contributed by atoms with Gasteiger partial charge in [-0.2, -0.15) is 0 Å². The second-order valence-corrected chi connectivity index (χ2v) is 4.73. The molecule has 2 atom stereocenters. The van der Waals surface area contributed by atoms with E-state index >= 15 is 0 Å². The van der Waals surface area contributed by atoms with E-state index in [1.54, 1.807) is 6.20 Å². The lowest BCUT2D eigenvalue weighted by Crippen LogP contribution is -2.38. The topological polar surface area (TPSA) is 68.0 Å². The fraction of sp³-hybridized carbons (Fsp3) is 0.333. The number of aromatic nitrogens is 1. The van der Waals surface area contributed by atoms with Crippen molar-refractivity contribution in [2.45, 2.75) is 32.4 Å². The van der Waals surface area contributed by atoms with E-state index < -0.39 is 6.04 Å². The summed E-state index contributed by atoms with van der Waals surface area (Å²) in [5, 5.41) is 4.27. The summed E-state index contributed by atoms with van der Waals surface area (Å²) in [5.41, 5.74) is 7.20. The molecular formula is C15H19N3O. The molecule has 0 aliphatic heterocycles. The fourth-order valence-electron chi connectivity index (χ4n) is 2.09. The van der Waals surface area contributed by atoms with Gasteiger partial charge in [0.15, 0.2) is 0 Å². The van der Waals surface area contributed by atoms with E-state index in [1.165, 1.54) is 0 Å². The number of nitrogens with two attached hydrogens (primary N) is 1. The van der Waals surface area contributed by atoms with Crippen molar-refractivity contribution in [2.75, 3.05) is 0 Å². The summed E-state index contributed by atoms with van der Waals surface area (Å²) in [6, 6.07) is 9.38. The van der Waals surface area contributed by atoms with Crippen molar-refractivity contribution < 1.29 is 4.79 Å². The van der Waals surface area contributed by atoms with Crippen molar-refractivity contribution in [2.24, 2.45) is 5.73 Å². The average Bonchev–Trinajstić information content (AvgIpc) is 2.43. The number of carbonyl (C=O) groups is 1. The molecule has 2 rings (SSSR count). The number of hydrogen-bond acceptors (Lipinski definition) is 3. The summed E-state index contributed by atoms with van der Waals surface area (Å²) >= 11 is 0. The predicted molar refractivity (Wildman–Crippen MR) is 76.6 cm³/mol. The molecule has 0 fully saturated rings. The smallest absolute Gasteiger partial charge is 0.239 e. The molecule has 1 amide bonds. The van der Waals surface area contributed by atoms with Crippen LogP contribution in [-0.2, 0) is 4.79 Å². The molecule has 0 saturated carbocycles. The Hall–Kier alpha value is -1.94. The van der Waals surface area contributed by atoms with E-state index in [9.17, 15) is 4.79 Å². The van der Waals surface area contributed by atoms with Crippen molar-refractivity contribution in [1.82, 2.24) is 10.3 Å². The van der Waals surface area contributed by atoms with E-state index in [-0.39, 0.29) is 11.9 Å². The number of amides is 1. The number of benzene rings is 1. The van der Waals surface area contributed by atoms with E-state index in [4.69, 9.17) is 5.73 Å². The lowest BCUT2D eigenvalue weighted by molar-refractivity contribution is -0.120. The van der Waals surface area contributed by atoms with Crippen molar-refractivity contribution in [3.63, 3.8) is 0 Å². The molecule has 1 heterocycles. The molecule has 0 saturated heterocycles. The number of para-hydroxylation sites is 1. The van der Waals surface area contributed by atoms with Gasteiger partial charge in [-0.25, -0.2) is 0 Å². The van der Waals surface area contributed by atoms with Gasteiger partial charge in [-0.1, -0.05) is 31.2 Å². The van der Waals surface area contributed by atoms with Crippen LogP contribution in [-0.4, -0.2) is 16.9 Å². The maximum atomic E-state index is 11.7. The second kappa shape index (κ2) is 5.80. The molecule has 1 aromatic carbocycles. The number of nitrogens with zero attached hydrogens (tertiary/aromatic N) is 1. The van der Waals surface area contributed by atoms with Crippen LogP contribution < -0.4 is 11.1 Å². The molecule has 100 valence electrons. The highest BCUT2D eigenvalue weighted by Crippen LogP contribution is 2.22. The van der Waals surface area contributed by atoms with Gasteiger partial charge < -0.3 is 5.73 Å². The Morgan fingerprint density at radius 2 is 2.11 bits per heavy atom. The standard InChI is InChI=1S/C15H19N3O/c1-3-10(2)18-14(15(16)19)12-8-4-6-11-7-5-9-17-13(11)12/h4-10,14,18H,3H2,1-2H3,(H2,16,19). The van der Waals surface area contributed by atoms with Crippen molar-refractivity contribution in [3.05, 3.63) is 42.1 Å². The van der Waals surface area contributed by atoms with Gasteiger partial charge in [-0.15, -0.1) is 0 Å². The van der Waals surface area contributed by atoms with Gasteiger partial charge in [0.25, 0.3) is 0 Å². The van der Waals surface area contributed by atoms with Gasteiger partial charge in [0, 0.05) is 23.2 Å². The summed E-state index contributed by atoms with van der Waals surface area (Å²) in [6.07, 6.45) is 2.66. The van der Waals surface area contributed by atoms with Crippen molar-refractivity contribution in [3.8, 4) is 0 Å². The highest BCUT2D eigenvalue weighted by Gasteiger charge is 2.21. The minimum atomic E-state index is -0.506. The number of fused-ring (bicyclic) bond motifs is 1. The molecule has 4 nitrogen and oxygen atoms in total. The number of nitrogens with one attached hydrogen (secondary N) is 1. The largest absolute Gasteiger partial charge is 0.368 e. The highest BCUT2D eigenvalue weighted by molar-refractivity contribution is 5.89. The van der Waals surface area contributed by atoms with Crippen molar-refractivity contribution >= 4 is 16.8 Å². The normalized spacial score (nSPS) is 14.2. The Kier molecular flexibility index (Phi) is 4.12. The molecule has 1 aromatic heterocycles. The first-order valence-electron chi connectivity index (χ1n) is 6.52.